The first kappa shape index (κ1) is 13.5. The lowest BCUT2D eigenvalue weighted by Crippen LogP contribution is -2.03. The van der Waals surface area contributed by atoms with Crippen LogP contribution < -0.4 is 5.32 Å². The van der Waals surface area contributed by atoms with E-state index in [0.29, 0.717) is 16.6 Å². The van der Waals surface area contributed by atoms with Crippen molar-refractivity contribution in [2.45, 2.75) is 6.54 Å². The summed E-state index contributed by atoms with van der Waals surface area (Å²) in [5.74, 6) is -1.30. The molecule has 0 aromatic heterocycles. The Morgan fingerprint density at radius 2 is 2.00 bits per heavy atom. The zero-order valence-corrected chi connectivity index (χ0v) is 11.3. The first-order valence-corrected chi connectivity index (χ1v) is 6.27. The van der Waals surface area contributed by atoms with Gasteiger partial charge in [0.25, 0.3) is 0 Å². The van der Waals surface area contributed by atoms with Crippen molar-refractivity contribution in [3.63, 3.8) is 0 Å². The molecule has 0 heterocycles. The van der Waals surface area contributed by atoms with Gasteiger partial charge in [0.1, 0.15) is 11.6 Å². The Morgan fingerprint density at radius 3 is 2.68 bits per heavy atom. The van der Waals surface area contributed by atoms with Crippen molar-refractivity contribution in [2.75, 3.05) is 5.32 Å². The summed E-state index contributed by atoms with van der Waals surface area (Å²) in [4.78, 5) is 0. The highest BCUT2D eigenvalue weighted by Gasteiger charge is 2.09. The van der Waals surface area contributed by atoms with E-state index in [1.54, 1.807) is 18.2 Å². The second-order valence-corrected chi connectivity index (χ2v) is 4.76. The summed E-state index contributed by atoms with van der Waals surface area (Å²) < 4.78 is 26.8. The molecule has 0 aliphatic heterocycles. The van der Waals surface area contributed by atoms with Gasteiger partial charge >= 0.3 is 0 Å². The molecule has 0 atom stereocenters. The van der Waals surface area contributed by atoms with Crippen molar-refractivity contribution in [1.29, 1.82) is 5.26 Å². The molecule has 0 aliphatic rings. The molecule has 1 N–H and O–H groups in total. The Labute approximate surface area is 117 Å². The predicted molar refractivity (Wildman–Crippen MR) is 72.5 cm³/mol. The number of benzene rings is 2. The van der Waals surface area contributed by atoms with Crippen molar-refractivity contribution in [3.05, 3.63) is 63.6 Å². The summed E-state index contributed by atoms with van der Waals surface area (Å²) in [6.45, 7) is 0.344. The number of hydrogen-bond donors (Lipinski definition) is 1. The third-order valence-electron chi connectivity index (χ3n) is 2.53. The Hall–Kier alpha value is -1.93. The lowest BCUT2D eigenvalue weighted by atomic mass is 10.1. The van der Waals surface area contributed by atoms with Crippen LogP contribution in [0.1, 0.15) is 11.1 Å². The zero-order chi connectivity index (χ0) is 13.8. The van der Waals surface area contributed by atoms with Gasteiger partial charge in [0, 0.05) is 17.1 Å². The maximum absolute atomic E-state index is 13.6. The molecule has 0 spiro atoms. The fourth-order valence-corrected chi connectivity index (χ4v) is 2.20. The Balaban J connectivity index is 2.17. The zero-order valence-electron chi connectivity index (χ0n) is 9.75. The topological polar surface area (TPSA) is 35.8 Å². The molecule has 2 aromatic rings. The summed E-state index contributed by atoms with van der Waals surface area (Å²) in [6, 6.07) is 11.0. The minimum atomic E-state index is -0.664. The average Bonchev–Trinajstić information content (AvgIpc) is 2.37. The lowest BCUT2D eigenvalue weighted by molar-refractivity contribution is 0.583. The molecular formula is C14H9BrF2N2. The van der Waals surface area contributed by atoms with Crippen LogP contribution in [0.4, 0.5) is 14.5 Å². The normalized spacial score (nSPS) is 10.0. The van der Waals surface area contributed by atoms with Crippen molar-refractivity contribution >= 4 is 21.6 Å². The number of rotatable bonds is 3. The molecule has 0 amide bonds. The predicted octanol–water partition coefficient (Wildman–Crippen LogP) is 4.21. The second kappa shape index (κ2) is 5.81. The molecule has 96 valence electrons. The van der Waals surface area contributed by atoms with Gasteiger partial charge in [-0.2, -0.15) is 5.26 Å². The first-order chi connectivity index (χ1) is 9.10. The van der Waals surface area contributed by atoms with E-state index in [9.17, 15) is 8.78 Å². The number of halogens is 3. The van der Waals surface area contributed by atoms with Gasteiger partial charge in [0.2, 0.25) is 0 Å². The van der Waals surface area contributed by atoms with Gasteiger partial charge in [0.15, 0.2) is 0 Å². The Morgan fingerprint density at radius 1 is 1.21 bits per heavy atom. The van der Waals surface area contributed by atoms with Gasteiger partial charge in [-0.3, -0.25) is 0 Å². The highest BCUT2D eigenvalue weighted by molar-refractivity contribution is 9.10. The van der Waals surface area contributed by atoms with E-state index in [1.165, 1.54) is 6.07 Å². The molecular weight excluding hydrogens is 314 g/mol. The van der Waals surface area contributed by atoms with Crippen molar-refractivity contribution in [2.24, 2.45) is 0 Å². The highest BCUT2D eigenvalue weighted by atomic mass is 79.9. The number of nitriles is 1. The van der Waals surface area contributed by atoms with E-state index in [4.69, 9.17) is 5.26 Å². The fraction of sp³-hybridized carbons (Fsp3) is 0.0714. The van der Waals surface area contributed by atoms with Crippen LogP contribution >= 0.6 is 15.9 Å². The van der Waals surface area contributed by atoms with Crippen LogP contribution in [0.15, 0.2) is 40.9 Å². The van der Waals surface area contributed by atoms with E-state index >= 15 is 0 Å². The van der Waals surface area contributed by atoms with E-state index in [1.807, 2.05) is 12.1 Å². The van der Waals surface area contributed by atoms with Gasteiger partial charge in [-0.25, -0.2) is 8.78 Å². The molecule has 0 fully saturated rings. The van der Waals surface area contributed by atoms with E-state index in [0.717, 1.165) is 11.6 Å². The maximum Gasteiger partial charge on any atom is 0.150 e. The van der Waals surface area contributed by atoms with E-state index < -0.39 is 11.6 Å². The van der Waals surface area contributed by atoms with Gasteiger partial charge in [0.05, 0.1) is 17.3 Å². The fourth-order valence-electron chi connectivity index (χ4n) is 1.65. The van der Waals surface area contributed by atoms with Gasteiger partial charge in [-0.15, -0.1) is 0 Å². The van der Waals surface area contributed by atoms with Crippen molar-refractivity contribution in [1.82, 2.24) is 0 Å². The molecule has 19 heavy (non-hydrogen) atoms. The first-order valence-electron chi connectivity index (χ1n) is 5.47. The summed E-state index contributed by atoms with van der Waals surface area (Å²) >= 11 is 3.10. The molecule has 2 aromatic carbocycles. The molecule has 0 aliphatic carbocycles. The molecule has 0 radical (unpaired) electrons. The largest absolute Gasteiger partial charge is 0.378 e. The Kier molecular flexibility index (Phi) is 4.13. The highest BCUT2D eigenvalue weighted by Crippen LogP contribution is 2.27. The van der Waals surface area contributed by atoms with E-state index in [-0.39, 0.29) is 5.69 Å². The number of hydrogen-bond acceptors (Lipinski definition) is 2. The molecule has 2 nitrogen and oxygen atoms in total. The number of anilines is 1. The van der Waals surface area contributed by atoms with Gasteiger partial charge in [-0.05, 0) is 39.7 Å². The molecule has 0 saturated carbocycles. The SMILES string of the molecule is N#Cc1cccc(CNc2c(F)cc(F)cc2Br)c1. The van der Waals surface area contributed by atoms with Crippen LogP contribution in [-0.4, -0.2) is 0 Å². The van der Waals surface area contributed by atoms with Crippen molar-refractivity contribution < 1.29 is 8.78 Å². The van der Waals surface area contributed by atoms with Crippen LogP contribution in [-0.2, 0) is 6.54 Å². The number of nitrogens with zero attached hydrogens (tertiary/aromatic N) is 1. The van der Waals surface area contributed by atoms with Gasteiger partial charge < -0.3 is 5.32 Å². The smallest absolute Gasteiger partial charge is 0.150 e. The second-order valence-electron chi connectivity index (χ2n) is 3.91. The van der Waals surface area contributed by atoms with E-state index in [2.05, 4.69) is 21.2 Å². The van der Waals surface area contributed by atoms with Crippen LogP contribution in [0, 0.1) is 23.0 Å². The lowest BCUT2D eigenvalue weighted by Gasteiger charge is -2.10. The van der Waals surface area contributed by atoms with Crippen molar-refractivity contribution in [3.8, 4) is 6.07 Å². The monoisotopic (exact) mass is 322 g/mol. The Bertz CT molecular complexity index is 627. The molecule has 5 heteroatoms. The molecule has 0 saturated heterocycles. The summed E-state index contributed by atoms with van der Waals surface area (Å²) in [5, 5.41) is 11.7. The van der Waals surface area contributed by atoms with Crippen LogP contribution in [0.2, 0.25) is 0 Å². The minimum absolute atomic E-state index is 0.198. The minimum Gasteiger partial charge on any atom is -0.378 e. The van der Waals surface area contributed by atoms with Gasteiger partial charge in [-0.1, -0.05) is 12.1 Å². The molecule has 2 rings (SSSR count). The summed E-state index contributed by atoms with van der Waals surface area (Å²) in [6.07, 6.45) is 0. The average molecular weight is 323 g/mol. The molecule has 0 bridgehead atoms. The standard InChI is InChI=1S/C14H9BrF2N2/c15-12-5-11(16)6-13(17)14(12)19-8-10-3-1-2-9(4-10)7-18/h1-6,19H,8H2. The van der Waals surface area contributed by atoms with Crippen LogP contribution in [0.5, 0.6) is 0 Å². The quantitative estimate of drug-likeness (QED) is 0.918. The third kappa shape index (κ3) is 3.30. The summed E-state index contributed by atoms with van der Waals surface area (Å²) in [7, 11) is 0. The van der Waals surface area contributed by atoms with Crippen LogP contribution in [0.25, 0.3) is 0 Å². The van der Waals surface area contributed by atoms with Crippen LogP contribution in [0.3, 0.4) is 0 Å². The molecule has 0 unspecified atom stereocenters. The maximum atomic E-state index is 13.6. The third-order valence-corrected chi connectivity index (χ3v) is 3.16. The summed E-state index contributed by atoms with van der Waals surface area (Å²) in [5.41, 5.74) is 1.58. The number of nitrogens with one attached hydrogen (secondary N) is 1.